The van der Waals surface area contributed by atoms with Crippen molar-refractivity contribution >= 4 is 28.5 Å². The van der Waals surface area contributed by atoms with Crippen LogP contribution >= 0.6 is 11.3 Å². The molecule has 4 aromatic heterocycles. The maximum Gasteiger partial charge on any atom is 0.165 e. The fraction of sp³-hybridized carbons (Fsp3) is 0.0625. The Morgan fingerprint density at radius 1 is 1.14 bits per heavy atom. The number of nitrogens with zero attached hydrogens (tertiary/aromatic N) is 5. The molecule has 0 atom stereocenters. The molecule has 4 heterocycles. The standard InChI is InChI=1S/C16H13N5S/c1-20(12-4-7-17-8-5-12)15-6-9-21-16(19-15)13(11-18-21)14-3-2-10-22-14/h2-11H,1H3. The molecule has 4 aromatic rings. The van der Waals surface area contributed by atoms with E-state index in [9.17, 15) is 0 Å². The fourth-order valence-corrected chi connectivity index (χ4v) is 3.08. The van der Waals surface area contributed by atoms with Crippen LogP contribution in [0.2, 0.25) is 0 Å². The molecule has 5 nitrogen and oxygen atoms in total. The van der Waals surface area contributed by atoms with Crippen LogP contribution in [0.1, 0.15) is 0 Å². The quantitative estimate of drug-likeness (QED) is 0.580. The summed E-state index contributed by atoms with van der Waals surface area (Å²) in [5.74, 6) is 0.872. The summed E-state index contributed by atoms with van der Waals surface area (Å²) in [5, 5.41) is 6.44. The molecule has 0 fully saturated rings. The van der Waals surface area contributed by atoms with Crippen molar-refractivity contribution in [1.82, 2.24) is 19.6 Å². The maximum absolute atomic E-state index is 4.78. The largest absolute Gasteiger partial charge is 0.329 e. The Labute approximate surface area is 131 Å². The highest BCUT2D eigenvalue weighted by atomic mass is 32.1. The summed E-state index contributed by atoms with van der Waals surface area (Å²) in [7, 11) is 2.00. The molecule has 0 N–H and O–H groups in total. The van der Waals surface area contributed by atoms with Gasteiger partial charge in [-0.1, -0.05) is 6.07 Å². The fourth-order valence-electron chi connectivity index (χ4n) is 2.35. The summed E-state index contributed by atoms with van der Waals surface area (Å²) < 4.78 is 1.80. The number of hydrogen-bond donors (Lipinski definition) is 0. The number of aromatic nitrogens is 4. The maximum atomic E-state index is 4.78. The van der Waals surface area contributed by atoms with Gasteiger partial charge in [-0.2, -0.15) is 5.10 Å². The van der Waals surface area contributed by atoms with Gasteiger partial charge >= 0.3 is 0 Å². The van der Waals surface area contributed by atoms with Gasteiger partial charge in [-0.3, -0.25) is 4.98 Å². The lowest BCUT2D eigenvalue weighted by atomic mass is 10.3. The third kappa shape index (κ3) is 2.14. The Hall–Kier alpha value is -2.73. The van der Waals surface area contributed by atoms with Crippen LogP contribution in [-0.4, -0.2) is 26.6 Å². The number of hydrogen-bond acceptors (Lipinski definition) is 5. The summed E-state index contributed by atoms with van der Waals surface area (Å²) in [6.45, 7) is 0. The molecule has 108 valence electrons. The number of thiophene rings is 1. The van der Waals surface area contributed by atoms with E-state index >= 15 is 0 Å². The first-order valence-corrected chi connectivity index (χ1v) is 7.73. The monoisotopic (exact) mass is 307 g/mol. The van der Waals surface area contributed by atoms with Gasteiger partial charge in [-0.05, 0) is 29.6 Å². The van der Waals surface area contributed by atoms with Crippen LogP contribution in [0.25, 0.3) is 16.1 Å². The molecule has 0 aromatic carbocycles. The van der Waals surface area contributed by atoms with E-state index in [-0.39, 0.29) is 0 Å². The highest BCUT2D eigenvalue weighted by molar-refractivity contribution is 7.13. The van der Waals surface area contributed by atoms with Crippen LogP contribution in [0.3, 0.4) is 0 Å². The summed E-state index contributed by atoms with van der Waals surface area (Å²) in [5.41, 5.74) is 2.96. The molecule has 0 unspecified atom stereocenters. The van der Waals surface area contributed by atoms with Gasteiger partial charge in [0.05, 0.1) is 11.8 Å². The number of pyridine rings is 1. The average Bonchev–Trinajstić information content (AvgIpc) is 3.23. The van der Waals surface area contributed by atoms with E-state index in [2.05, 4.69) is 21.5 Å². The van der Waals surface area contributed by atoms with E-state index < -0.39 is 0 Å². The van der Waals surface area contributed by atoms with E-state index in [0.29, 0.717) is 0 Å². The van der Waals surface area contributed by atoms with Crippen LogP contribution in [0.4, 0.5) is 11.5 Å². The summed E-state index contributed by atoms with van der Waals surface area (Å²) >= 11 is 1.69. The van der Waals surface area contributed by atoms with Gasteiger partial charge < -0.3 is 4.90 Å². The highest BCUT2D eigenvalue weighted by Crippen LogP contribution is 2.29. The molecule has 0 saturated carbocycles. The first-order chi connectivity index (χ1) is 10.8. The molecule has 0 aliphatic carbocycles. The van der Waals surface area contributed by atoms with Gasteiger partial charge in [0, 0.05) is 36.2 Å². The van der Waals surface area contributed by atoms with Crippen LogP contribution in [-0.2, 0) is 0 Å². The van der Waals surface area contributed by atoms with Crippen molar-refractivity contribution in [2.75, 3.05) is 11.9 Å². The zero-order chi connectivity index (χ0) is 14.9. The van der Waals surface area contributed by atoms with Gasteiger partial charge in [0.15, 0.2) is 5.65 Å². The Bertz CT molecular complexity index is 899. The van der Waals surface area contributed by atoms with E-state index in [1.807, 2.05) is 48.6 Å². The van der Waals surface area contributed by atoms with Crippen LogP contribution in [0.15, 0.2) is 60.5 Å². The summed E-state index contributed by atoms with van der Waals surface area (Å²) in [6, 6.07) is 10.0. The smallest absolute Gasteiger partial charge is 0.165 e. The molecule has 0 aliphatic rings. The lowest BCUT2D eigenvalue weighted by Crippen LogP contribution is -2.11. The summed E-state index contributed by atoms with van der Waals surface area (Å²) in [6.07, 6.45) is 7.36. The summed E-state index contributed by atoms with van der Waals surface area (Å²) in [4.78, 5) is 12.0. The normalized spacial score (nSPS) is 11.0. The van der Waals surface area contributed by atoms with Crippen molar-refractivity contribution < 1.29 is 0 Å². The Kier molecular flexibility index (Phi) is 3.08. The van der Waals surface area contributed by atoms with Gasteiger partial charge in [-0.25, -0.2) is 9.50 Å². The van der Waals surface area contributed by atoms with E-state index in [1.54, 1.807) is 28.2 Å². The van der Waals surface area contributed by atoms with Crippen molar-refractivity contribution in [3.05, 3.63) is 60.5 Å². The van der Waals surface area contributed by atoms with Crippen molar-refractivity contribution in [1.29, 1.82) is 0 Å². The van der Waals surface area contributed by atoms with Crippen LogP contribution in [0, 0.1) is 0 Å². The Morgan fingerprint density at radius 2 is 2.00 bits per heavy atom. The number of anilines is 2. The van der Waals surface area contributed by atoms with Gasteiger partial charge in [0.2, 0.25) is 0 Å². The van der Waals surface area contributed by atoms with E-state index in [0.717, 1.165) is 22.7 Å². The van der Waals surface area contributed by atoms with Crippen molar-refractivity contribution in [3.8, 4) is 10.4 Å². The average molecular weight is 307 g/mol. The van der Waals surface area contributed by atoms with Crippen LogP contribution < -0.4 is 4.90 Å². The molecule has 0 saturated heterocycles. The molecule has 4 rings (SSSR count). The molecule has 0 aliphatic heterocycles. The van der Waals surface area contributed by atoms with Crippen molar-refractivity contribution in [3.63, 3.8) is 0 Å². The topological polar surface area (TPSA) is 46.3 Å². The second-order valence-electron chi connectivity index (χ2n) is 4.85. The molecule has 6 heteroatoms. The van der Waals surface area contributed by atoms with Crippen LogP contribution in [0.5, 0.6) is 0 Å². The second-order valence-corrected chi connectivity index (χ2v) is 5.80. The highest BCUT2D eigenvalue weighted by Gasteiger charge is 2.12. The molecule has 0 amide bonds. The Balaban J connectivity index is 1.82. The molecule has 22 heavy (non-hydrogen) atoms. The number of fused-ring (bicyclic) bond motifs is 1. The van der Waals surface area contributed by atoms with E-state index in [1.165, 1.54) is 4.88 Å². The molecule has 0 bridgehead atoms. The van der Waals surface area contributed by atoms with Gasteiger partial charge in [0.1, 0.15) is 5.82 Å². The third-order valence-electron chi connectivity index (χ3n) is 3.53. The number of rotatable bonds is 3. The lowest BCUT2D eigenvalue weighted by Gasteiger charge is -2.18. The lowest BCUT2D eigenvalue weighted by molar-refractivity contribution is 0.933. The van der Waals surface area contributed by atoms with Crippen molar-refractivity contribution in [2.24, 2.45) is 0 Å². The zero-order valence-corrected chi connectivity index (χ0v) is 12.7. The SMILES string of the molecule is CN(c1ccncc1)c1ccn2ncc(-c3cccs3)c2n1. The van der Waals surface area contributed by atoms with Crippen molar-refractivity contribution in [2.45, 2.75) is 0 Å². The predicted molar refractivity (Wildman–Crippen MR) is 88.6 cm³/mol. The van der Waals surface area contributed by atoms with E-state index in [4.69, 9.17) is 4.98 Å². The molecule has 0 radical (unpaired) electrons. The van der Waals surface area contributed by atoms with Gasteiger partial charge in [0.25, 0.3) is 0 Å². The first kappa shape index (κ1) is 13.0. The predicted octanol–water partition coefficient (Wildman–Crippen LogP) is 3.62. The minimum Gasteiger partial charge on any atom is -0.329 e. The zero-order valence-electron chi connectivity index (χ0n) is 11.9. The molecule has 0 spiro atoms. The Morgan fingerprint density at radius 3 is 2.77 bits per heavy atom. The van der Waals surface area contributed by atoms with Gasteiger partial charge in [-0.15, -0.1) is 11.3 Å². The molecular formula is C16H13N5S. The second kappa shape index (κ2) is 5.23. The minimum atomic E-state index is 0.862. The first-order valence-electron chi connectivity index (χ1n) is 6.85. The molecular weight excluding hydrogens is 294 g/mol. The third-order valence-corrected chi connectivity index (χ3v) is 4.44. The minimum absolute atomic E-state index is 0.862.